The first kappa shape index (κ1) is 13.3. The van der Waals surface area contributed by atoms with Crippen LogP contribution in [0.4, 0.5) is 5.69 Å². The van der Waals surface area contributed by atoms with E-state index in [0.29, 0.717) is 11.8 Å². The zero-order valence-corrected chi connectivity index (χ0v) is 12.4. The van der Waals surface area contributed by atoms with Gasteiger partial charge in [0.15, 0.2) is 0 Å². The molecule has 0 radical (unpaired) electrons. The molecule has 4 heteroatoms. The van der Waals surface area contributed by atoms with Crippen molar-refractivity contribution < 1.29 is 9.53 Å². The molecule has 3 aliphatic rings. The number of benzene rings is 1. The first-order valence-electron chi connectivity index (χ1n) is 7.94. The third-order valence-electron chi connectivity index (χ3n) is 5.06. The highest BCUT2D eigenvalue weighted by atomic mass is 16.5. The van der Waals surface area contributed by atoms with Crippen molar-refractivity contribution in [2.45, 2.75) is 25.8 Å². The summed E-state index contributed by atoms with van der Waals surface area (Å²) in [4.78, 5) is 16.2. The summed E-state index contributed by atoms with van der Waals surface area (Å²) >= 11 is 0. The number of likely N-dealkylation sites (tertiary alicyclic amines) is 1. The molecule has 21 heavy (non-hydrogen) atoms. The van der Waals surface area contributed by atoms with Crippen molar-refractivity contribution in [3.63, 3.8) is 0 Å². The normalized spacial score (nSPS) is 24.8. The van der Waals surface area contributed by atoms with Gasteiger partial charge >= 0.3 is 0 Å². The lowest BCUT2D eigenvalue weighted by Gasteiger charge is -2.37. The molecule has 3 saturated heterocycles. The van der Waals surface area contributed by atoms with Gasteiger partial charge in [0, 0.05) is 37.2 Å². The highest BCUT2D eigenvalue weighted by Gasteiger charge is 2.44. The van der Waals surface area contributed by atoms with Crippen molar-refractivity contribution in [1.82, 2.24) is 4.90 Å². The molecule has 1 aromatic carbocycles. The van der Waals surface area contributed by atoms with Gasteiger partial charge in [-0.15, -0.1) is 0 Å². The molecule has 0 bridgehead atoms. The molecular formula is C17H22N2O2. The molecule has 112 valence electrons. The van der Waals surface area contributed by atoms with E-state index in [2.05, 4.69) is 29.2 Å². The van der Waals surface area contributed by atoms with E-state index in [1.54, 1.807) is 0 Å². The van der Waals surface area contributed by atoms with Crippen molar-refractivity contribution in [3.8, 4) is 0 Å². The second-order valence-corrected chi connectivity index (χ2v) is 6.77. The summed E-state index contributed by atoms with van der Waals surface area (Å²) in [5.74, 6) is 0.259. The van der Waals surface area contributed by atoms with E-state index in [9.17, 15) is 4.79 Å². The van der Waals surface area contributed by atoms with E-state index in [1.165, 1.54) is 25.1 Å². The molecule has 0 saturated carbocycles. The van der Waals surface area contributed by atoms with E-state index < -0.39 is 0 Å². The number of carbonyl (C=O) groups is 1. The molecule has 4 rings (SSSR count). The minimum atomic E-state index is 0.259. The molecule has 0 N–H and O–H groups in total. The predicted molar refractivity (Wildman–Crippen MR) is 81.2 cm³/mol. The molecule has 4 nitrogen and oxygen atoms in total. The second kappa shape index (κ2) is 5.11. The number of ether oxygens (including phenoxy) is 1. The Hall–Kier alpha value is -1.39. The smallest absolute Gasteiger partial charge is 0.227 e. The number of carbonyl (C=O) groups excluding carboxylic acids is 1. The molecule has 0 unspecified atom stereocenters. The SMILES string of the molecule is O=C1CCCN1c1ccc(CN2CCC3(COC3)C2)cc1. The molecular weight excluding hydrogens is 264 g/mol. The first-order chi connectivity index (χ1) is 10.2. The highest BCUT2D eigenvalue weighted by molar-refractivity contribution is 5.95. The van der Waals surface area contributed by atoms with Crippen LogP contribution in [0.25, 0.3) is 0 Å². The Labute approximate surface area is 125 Å². The summed E-state index contributed by atoms with van der Waals surface area (Å²) in [7, 11) is 0. The molecule has 0 aromatic heterocycles. The third kappa shape index (κ3) is 2.47. The molecule has 0 atom stereocenters. The quantitative estimate of drug-likeness (QED) is 0.852. The zero-order chi connectivity index (χ0) is 14.3. The van der Waals surface area contributed by atoms with Gasteiger partial charge in [-0.25, -0.2) is 0 Å². The van der Waals surface area contributed by atoms with E-state index in [-0.39, 0.29) is 5.91 Å². The zero-order valence-electron chi connectivity index (χ0n) is 12.4. The minimum absolute atomic E-state index is 0.259. The van der Waals surface area contributed by atoms with E-state index in [4.69, 9.17) is 4.74 Å². The van der Waals surface area contributed by atoms with Gasteiger partial charge in [0.05, 0.1) is 13.2 Å². The number of hydrogen-bond donors (Lipinski definition) is 0. The van der Waals surface area contributed by atoms with Crippen molar-refractivity contribution in [1.29, 1.82) is 0 Å². The number of rotatable bonds is 3. The lowest BCUT2D eigenvalue weighted by Crippen LogP contribution is -2.44. The molecule has 3 fully saturated rings. The van der Waals surface area contributed by atoms with Crippen LogP contribution in [0.3, 0.4) is 0 Å². The van der Waals surface area contributed by atoms with Gasteiger partial charge in [-0.1, -0.05) is 12.1 Å². The second-order valence-electron chi connectivity index (χ2n) is 6.77. The summed E-state index contributed by atoms with van der Waals surface area (Å²) in [6.45, 7) is 6.11. The van der Waals surface area contributed by atoms with Crippen LogP contribution in [0, 0.1) is 5.41 Å². The van der Waals surface area contributed by atoms with Gasteiger partial charge in [0.25, 0.3) is 0 Å². The summed E-state index contributed by atoms with van der Waals surface area (Å²) in [6.07, 6.45) is 2.95. The van der Waals surface area contributed by atoms with Crippen LogP contribution >= 0.6 is 0 Å². The highest BCUT2D eigenvalue weighted by Crippen LogP contribution is 2.38. The average Bonchev–Trinajstić information content (AvgIpc) is 3.06. The fraction of sp³-hybridized carbons (Fsp3) is 0.588. The summed E-state index contributed by atoms with van der Waals surface area (Å²) in [6, 6.07) is 8.53. The average molecular weight is 286 g/mol. The maximum Gasteiger partial charge on any atom is 0.227 e. The summed E-state index contributed by atoms with van der Waals surface area (Å²) in [5.41, 5.74) is 2.84. The van der Waals surface area contributed by atoms with Crippen LogP contribution in [-0.2, 0) is 16.1 Å². The largest absolute Gasteiger partial charge is 0.380 e. The van der Waals surface area contributed by atoms with Crippen LogP contribution in [0.5, 0.6) is 0 Å². The number of anilines is 1. The van der Waals surface area contributed by atoms with Gasteiger partial charge in [-0.3, -0.25) is 9.69 Å². The Bertz CT molecular complexity index is 536. The summed E-state index contributed by atoms with van der Waals surface area (Å²) in [5, 5.41) is 0. The maximum atomic E-state index is 11.8. The molecule has 3 heterocycles. The fourth-order valence-electron chi connectivity index (χ4n) is 3.75. The van der Waals surface area contributed by atoms with Gasteiger partial charge in [0.1, 0.15) is 0 Å². The monoisotopic (exact) mass is 286 g/mol. The van der Waals surface area contributed by atoms with Crippen LogP contribution in [0.15, 0.2) is 24.3 Å². The van der Waals surface area contributed by atoms with Gasteiger partial charge < -0.3 is 9.64 Å². The van der Waals surface area contributed by atoms with Crippen LogP contribution in [-0.4, -0.2) is 43.7 Å². The van der Waals surface area contributed by atoms with Gasteiger partial charge in [-0.05, 0) is 37.1 Å². The molecule has 0 aliphatic carbocycles. The minimum Gasteiger partial charge on any atom is -0.380 e. The standard InChI is InChI=1S/C17H22N2O2/c20-16-2-1-8-19(16)15-5-3-14(4-6-15)10-18-9-7-17(11-18)12-21-13-17/h3-6H,1-2,7-13H2. The molecule has 1 amide bonds. The number of nitrogens with zero attached hydrogens (tertiary/aromatic N) is 2. The molecule has 1 spiro atoms. The first-order valence-corrected chi connectivity index (χ1v) is 7.94. The Morgan fingerprint density at radius 3 is 2.52 bits per heavy atom. The lowest BCUT2D eigenvalue weighted by molar-refractivity contribution is -0.117. The van der Waals surface area contributed by atoms with Crippen molar-refractivity contribution in [2.24, 2.45) is 5.41 Å². The van der Waals surface area contributed by atoms with Crippen molar-refractivity contribution in [2.75, 3.05) is 37.7 Å². The Morgan fingerprint density at radius 1 is 1.14 bits per heavy atom. The van der Waals surface area contributed by atoms with Crippen molar-refractivity contribution >= 4 is 11.6 Å². The molecule has 1 aromatic rings. The maximum absolute atomic E-state index is 11.8. The van der Waals surface area contributed by atoms with Gasteiger partial charge in [0.2, 0.25) is 5.91 Å². The predicted octanol–water partition coefficient (Wildman–Crippen LogP) is 2.04. The Kier molecular flexibility index (Phi) is 3.23. The Balaban J connectivity index is 1.39. The number of amides is 1. The van der Waals surface area contributed by atoms with Crippen LogP contribution < -0.4 is 4.90 Å². The molecule has 3 aliphatic heterocycles. The lowest BCUT2D eigenvalue weighted by atomic mass is 9.85. The van der Waals surface area contributed by atoms with Crippen LogP contribution in [0.1, 0.15) is 24.8 Å². The van der Waals surface area contributed by atoms with Gasteiger partial charge in [-0.2, -0.15) is 0 Å². The topological polar surface area (TPSA) is 32.8 Å². The van der Waals surface area contributed by atoms with Crippen molar-refractivity contribution in [3.05, 3.63) is 29.8 Å². The Morgan fingerprint density at radius 2 is 1.95 bits per heavy atom. The summed E-state index contributed by atoms with van der Waals surface area (Å²) < 4.78 is 5.38. The van der Waals surface area contributed by atoms with Crippen LogP contribution in [0.2, 0.25) is 0 Å². The van der Waals surface area contributed by atoms with E-state index in [0.717, 1.165) is 38.4 Å². The van der Waals surface area contributed by atoms with E-state index >= 15 is 0 Å². The number of hydrogen-bond acceptors (Lipinski definition) is 3. The van der Waals surface area contributed by atoms with E-state index in [1.807, 2.05) is 4.90 Å². The third-order valence-corrected chi connectivity index (χ3v) is 5.06. The fourth-order valence-corrected chi connectivity index (χ4v) is 3.75.